The third kappa shape index (κ3) is 3.42. The molecular weight excluding hydrogens is 336 g/mol. The van der Waals surface area contributed by atoms with Crippen LogP contribution in [-0.4, -0.2) is 9.91 Å². The Kier molecular flexibility index (Phi) is 4.34. The van der Waals surface area contributed by atoms with Gasteiger partial charge < -0.3 is 4.74 Å². The molecule has 98 valence electrons. The second-order valence-corrected chi connectivity index (χ2v) is 4.73. The van der Waals surface area contributed by atoms with Crippen molar-refractivity contribution in [3.05, 3.63) is 56.7 Å². The second kappa shape index (κ2) is 5.99. The number of non-ortho nitro benzene ring substituents is 1. The number of nitro benzene ring substituents is 1. The molecule has 0 unspecified atom stereocenters. The van der Waals surface area contributed by atoms with Crippen molar-refractivity contribution in [1.29, 1.82) is 0 Å². The predicted molar refractivity (Wildman–Crippen MR) is 74.7 cm³/mol. The first-order valence-corrected chi connectivity index (χ1v) is 6.55. The van der Waals surface area contributed by atoms with Crippen LogP contribution in [0.15, 0.2) is 41.0 Å². The summed E-state index contributed by atoms with van der Waals surface area (Å²) >= 11 is 8.93. The molecule has 0 saturated carbocycles. The minimum absolute atomic E-state index is 0.0458. The van der Waals surface area contributed by atoms with Crippen LogP contribution in [0.1, 0.15) is 5.56 Å². The maximum Gasteiger partial charge on any atom is 0.273 e. The Morgan fingerprint density at radius 2 is 2.16 bits per heavy atom. The van der Waals surface area contributed by atoms with Gasteiger partial charge in [-0.3, -0.25) is 10.1 Å². The first-order chi connectivity index (χ1) is 9.10. The van der Waals surface area contributed by atoms with Gasteiger partial charge in [-0.1, -0.05) is 6.07 Å². The molecule has 0 saturated heterocycles. The molecule has 2 rings (SSSR count). The third-order valence-corrected chi connectivity index (χ3v) is 3.26. The lowest BCUT2D eigenvalue weighted by Gasteiger charge is -2.06. The first kappa shape index (κ1) is 13.8. The average molecular weight is 344 g/mol. The van der Waals surface area contributed by atoms with E-state index in [4.69, 9.17) is 16.3 Å². The maximum atomic E-state index is 10.7. The molecule has 2 aromatic rings. The van der Waals surface area contributed by atoms with Gasteiger partial charge in [0.05, 0.1) is 15.5 Å². The van der Waals surface area contributed by atoms with Gasteiger partial charge in [0.15, 0.2) is 5.75 Å². The molecule has 0 bridgehead atoms. The maximum absolute atomic E-state index is 10.7. The summed E-state index contributed by atoms with van der Waals surface area (Å²) in [5, 5.41) is 10.7. The fourth-order valence-electron chi connectivity index (χ4n) is 1.35. The van der Waals surface area contributed by atoms with Gasteiger partial charge in [0.25, 0.3) is 5.69 Å². The Morgan fingerprint density at radius 3 is 2.74 bits per heavy atom. The van der Waals surface area contributed by atoms with Gasteiger partial charge >= 0.3 is 0 Å². The summed E-state index contributed by atoms with van der Waals surface area (Å²) in [4.78, 5) is 14.3. The van der Waals surface area contributed by atoms with Crippen LogP contribution in [0.25, 0.3) is 0 Å². The van der Waals surface area contributed by atoms with Gasteiger partial charge in [-0.2, -0.15) is 0 Å². The van der Waals surface area contributed by atoms with E-state index >= 15 is 0 Å². The van der Waals surface area contributed by atoms with Crippen LogP contribution >= 0.6 is 27.5 Å². The molecule has 7 heteroatoms. The van der Waals surface area contributed by atoms with Gasteiger partial charge in [-0.25, -0.2) is 4.98 Å². The summed E-state index contributed by atoms with van der Waals surface area (Å²) in [6.45, 7) is 0. The van der Waals surface area contributed by atoms with Crippen LogP contribution in [0, 0.1) is 10.1 Å². The van der Waals surface area contributed by atoms with Gasteiger partial charge in [0.2, 0.25) is 5.88 Å². The van der Waals surface area contributed by atoms with Crippen LogP contribution in [0.4, 0.5) is 5.69 Å². The third-order valence-electron chi connectivity index (χ3n) is 2.29. The van der Waals surface area contributed by atoms with Crippen LogP contribution in [-0.2, 0) is 5.88 Å². The molecule has 0 aliphatic carbocycles. The van der Waals surface area contributed by atoms with Gasteiger partial charge in [-0.15, -0.1) is 11.6 Å². The molecule has 1 aromatic heterocycles. The van der Waals surface area contributed by atoms with E-state index in [0.717, 1.165) is 5.56 Å². The zero-order valence-corrected chi connectivity index (χ0v) is 11.9. The summed E-state index contributed by atoms with van der Waals surface area (Å²) in [5.41, 5.74) is 0.822. The quantitative estimate of drug-likeness (QED) is 0.472. The Morgan fingerprint density at radius 1 is 1.37 bits per heavy atom. The van der Waals surface area contributed by atoms with Crippen molar-refractivity contribution in [2.24, 2.45) is 0 Å². The van der Waals surface area contributed by atoms with Crippen molar-refractivity contribution >= 4 is 33.2 Å². The Bertz CT molecular complexity index is 604. The molecule has 0 N–H and O–H groups in total. The van der Waals surface area contributed by atoms with E-state index in [0.29, 0.717) is 22.0 Å². The summed E-state index contributed by atoms with van der Waals surface area (Å²) in [6.07, 6.45) is 1.59. The van der Waals surface area contributed by atoms with Crippen molar-refractivity contribution in [3.8, 4) is 11.6 Å². The molecule has 1 aromatic carbocycles. The number of benzene rings is 1. The van der Waals surface area contributed by atoms with Crippen LogP contribution in [0.2, 0.25) is 0 Å². The Balaban J connectivity index is 2.26. The van der Waals surface area contributed by atoms with E-state index in [1.807, 2.05) is 0 Å². The average Bonchev–Trinajstić information content (AvgIpc) is 2.42. The number of alkyl halides is 1. The monoisotopic (exact) mass is 342 g/mol. The number of rotatable bonds is 4. The zero-order valence-electron chi connectivity index (χ0n) is 9.55. The highest BCUT2D eigenvalue weighted by molar-refractivity contribution is 9.10. The fraction of sp³-hybridized carbons (Fsp3) is 0.0833. The summed E-state index contributed by atoms with van der Waals surface area (Å²) < 4.78 is 6.11. The van der Waals surface area contributed by atoms with Crippen molar-refractivity contribution in [2.45, 2.75) is 5.88 Å². The van der Waals surface area contributed by atoms with Gasteiger partial charge in [-0.05, 0) is 27.6 Å². The number of nitrogens with zero attached hydrogens (tertiary/aromatic N) is 2. The number of hydrogen-bond donors (Lipinski definition) is 0. The van der Waals surface area contributed by atoms with E-state index in [-0.39, 0.29) is 5.69 Å². The minimum atomic E-state index is -0.483. The largest absolute Gasteiger partial charge is 0.438 e. The highest BCUT2D eigenvalue weighted by atomic mass is 79.9. The molecule has 0 fully saturated rings. The van der Waals surface area contributed by atoms with E-state index in [1.165, 1.54) is 12.1 Å². The SMILES string of the molecule is O=[N+]([O-])c1ccc(Br)c(Oc2ccc(CCl)cn2)c1. The predicted octanol–water partition coefficient (Wildman–Crippen LogP) is 4.28. The highest BCUT2D eigenvalue weighted by Crippen LogP contribution is 2.32. The van der Waals surface area contributed by atoms with Crippen LogP contribution in [0.5, 0.6) is 11.6 Å². The Hall–Kier alpha value is -1.66. The van der Waals surface area contributed by atoms with Crippen molar-refractivity contribution in [1.82, 2.24) is 4.98 Å². The number of halogens is 2. The summed E-state index contributed by atoms with van der Waals surface area (Å²) in [7, 11) is 0. The lowest BCUT2D eigenvalue weighted by atomic mass is 10.3. The zero-order chi connectivity index (χ0) is 13.8. The molecule has 0 aliphatic rings. The molecule has 0 amide bonds. The lowest BCUT2D eigenvalue weighted by molar-refractivity contribution is -0.384. The summed E-state index contributed by atoms with van der Waals surface area (Å²) in [6, 6.07) is 7.71. The normalized spacial score (nSPS) is 10.2. The number of hydrogen-bond acceptors (Lipinski definition) is 4. The van der Waals surface area contributed by atoms with E-state index < -0.39 is 4.92 Å². The smallest absolute Gasteiger partial charge is 0.273 e. The number of ether oxygens (including phenoxy) is 1. The minimum Gasteiger partial charge on any atom is -0.438 e. The van der Waals surface area contributed by atoms with E-state index in [2.05, 4.69) is 20.9 Å². The first-order valence-electron chi connectivity index (χ1n) is 5.23. The van der Waals surface area contributed by atoms with Crippen LogP contribution in [0.3, 0.4) is 0 Å². The summed E-state index contributed by atoms with van der Waals surface area (Å²) in [5.74, 6) is 1.05. The molecule has 19 heavy (non-hydrogen) atoms. The molecule has 0 spiro atoms. The standard InChI is InChI=1S/C12H8BrClN2O3/c13-10-3-2-9(16(17)18)5-11(10)19-12-4-1-8(6-14)7-15-12/h1-5,7H,6H2. The van der Waals surface area contributed by atoms with Gasteiger partial charge in [0.1, 0.15) is 0 Å². The number of aromatic nitrogens is 1. The fourth-order valence-corrected chi connectivity index (χ4v) is 1.83. The highest BCUT2D eigenvalue weighted by Gasteiger charge is 2.11. The molecule has 5 nitrogen and oxygen atoms in total. The molecule has 1 heterocycles. The van der Waals surface area contributed by atoms with Crippen molar-refractivity contribution < 1.29 is 9.66 Å². The lowest BCUT2D eigenvalue weighted by Crippen LogP contribution is -1.92. The Labute approximate surface area is 122 Å². The molecule has 0 aliphatic heterocycles. The number of nitro groups is 1. The molecule has 0 radical (unpaired) electrons. The molecular formula is C12H8BrClN2O3. The van der Waals surface area contributed by atoms with Gasteiger partial charge in [0, 0.05) is 24.2 Å². The topological polar surface area (TPSA) is 65.3 Å². The van der Waals surface area contributed by atoms with Crippen molar-refractivity contribution in [3.63, 3.8) is 0 Å². The van der Waals surface area contributed by atoms with Crippen LogP contribution < -0.4 is 4.74 Å². The molecule has 0 atom stereocenters. The number of pyridine rings is 1. The second-order valence-electron chi connectivity index (χ2n) is 3.61. The van der Waals surface area contributed by atoms with E-state index in [1.54, 1.807) is 24.4 Å². The van der Waals surface area contributed by atoms with Crippen molar-refractivity contribution in [2.75, 3.05) is 0 Å². The van der Waals surface area contributed by atoms with E-state index in [9.17, 15) is 10.1 Å².